The van der Waals surface area contributed by atoms with E-state index in [1.807, 2.05) is 22.6 Å². The molecule has 0 aromatic heterocycles. The molecule has 13 heavy (non-hydrogen) atoms. The first-order valence-corrected chi connectivity index (χ1v) is 4.90. The smallest absolute Gasteiger partial charge is 0.296 e. The van der Waals surface area contributed by atoms with Gasteiger partial charge in [0.15, 0.2) is 0 Å². The molecule has 0 spiro atoms. The summed E-state index contributed by atoms with van der Waals surface area (Å²) < 4.78 is 0.698. The third-order valence-corrected chi connectivity index (χ3v) is 2.81. The molecule has 0 unspecified atom stereocenters. The van der Waals surface area contributed by atoms with E-state index in [4.69, 9.17) is 11.6 Å². The number of fused-ring (bicyclic) bond motifs is 1. The third-order valence-electron chi connectivity index (χ3n) is 1.74. The summed E-state index contributed by atoms with van der Waals surface area (Å²) in [6, 6.07) is 3.22. The Morgan fingerprint density at radius 1 is 1.31 bits per heavy atom. The summed E-state index contributed by atoms with van der Waals surface area (Å²) in [5, 5.41) is 2.96. The van der Waals surface area contributed by atoms with Gasteiger partial charge in [-0.1, -0.05) is 11.6 Å². The van der Waals surface area contributed by atoms with Crippen LogP contribution in [0.5, 0.6) is 0 Å². The second kappa shape index (κ2) is 2.95. The van der Waals surface area contributed by atoms with Crippen molar-refractivity contribution in [3.8, 4) is 0 Å². The highest BCUT2D eigenvalue weighted by molar-refractivity contribution is 14.1. The molecule has 0 bridgehead atoms. The predicted molar refractivity (Wildman–Crippen MR) is 57.1 cm³/mol. The molecular weight excluding hydrogens is 304 g/mol. The third kappa shape index (κ3) is 1.34. The van der Waals surface area contributed by atoms with Gasteiger partial charge in [-0.25, -0.2) is 0 Å². The Morgan fingerprint density at radius 2 is 2.00 bits per heavy atom. The van der Waals surface area contributed by atoms with Crippen molar-refractivity contribution in [1.82, 2.24) is 0 Å². The lowest BCUT2D eigenvalue weighted by Gasteiger charge is -1.99. The monoisotopic (exact) mass is 307 g/mol. The number of rotatable bonds is 0. The highest BCUT2D eigenvalue weighted by atomic mass is 127. The number of anilines is 1. The molecule has 0 aliphatic carbocycles. The van der Waals surface area contributed by atoms with E-state index in [2.05, 4.69) is 5.32 Å². The van der Waals surface area contributed by atoms with Crippen LogP contribution in [0.3, 0.4) is 0 Å². The van der Waals surface area contributed by atoms with Gasteiger partial charge in [-0.2, -0.15) is 0 Å². The zero-order chi connectivity index (χ0) is 9.59. The normalized spacial score (nSPS) is 14.3. The highest BCUT2D eigenvalue weighted by Gasteiger charge is 2.30. The van der Waals surface area contributed by atoms with Crippen LogP contribution in [0.25, 0.3) is 0 Å². The summed E-state index contributed by atoms with van der Waals surface area (Å²) in [4.78, 5) is 22.3. The van der Waals surface area contributed by atoms with Gasteiger partial charge in [-0.15, -0.1) is 0 Å². The van der Waals surface area contributed by atoms with Gasteiger partial charge >= 0.3 is 0 Å². The minimum atomic E-state index is -0.588. The van der Waals surface area contributed by atoms with Crippen molar-refractivity contribution >= 4 is 51.6 Å². The molecule has 3 nitrogen and oxygen atoms in total. The van der Waals surface area contributed by atoms with Crippen molar-refractivity contribution in [3.63, 3.8) is 0 Å². The average molecular weight is 307 g/mol. The molecule has 0 saturated carbocycles. The van der Waals surface area contributed by atoms with Crippen molar-refractivity contribution in [1.29, 1.82) is 0 Å². The lowest BCUT2D eigenvalue weighted by molar-refractivity contribution is -0.112. The Labute approximate surface area is 92.6 Å². The van der Waals surface area contributed by atoms with E-state index in [1.165, 1.54) is 0 Å². The summed E-state index contributed by atoms with van der Waals surface area (Å²) in [6.45, 7) is 0. The quantitative estimate of drug-likeness (QED) is 0.589. The van der Waals surface area contributed by atoms with Crippen LogP contribution in [0.4, 0.5) is 5.69 Å². The Bertz CT molecular complexity index is 430. The number of carbonyl (C=O) groups is 2. The minimum absolute atomic E-state index is 0.426. The number of halogens is 2. The van der Waals surface area contributed by atoms with E-state index < -0.39 is 11.7 Å². The standard InChI is InChI=1S/C8H3ClINO2/c9-3-1-4(10)6-5(2-3)11-8(13)7(6)12/h1-2H,(H,11,12,13). The zero-order valence-corrected chi connectivity index (χ0v) is 9.14. The van der Waals surface area contributed by atoms with E-state index in [-0.39, 0.29) is 0 Å². The maximum atomic E-state index is 11.3. The summed E-state index contributed by atoms with van der Waals surface area (Å²) >= 11 is 7.74. The van der Waals surface area contributed by atoms with Crippen LogP contribution >= 0.6 is 34.2 Å². The van der Waals surface area contributed by atoms with Crippen molar-refractivity contribution in [3.05, 3.63) is 26.3 Å². The number of hydrogen-bond donors (Lipinski definition) is 1. The van der Waals surface area contributed by atoms with Gasteiger partial charge in [0, 0.05) is 8.59 Å². The van der Waals surface area contributed by atoms with E-state index >= 15 is 0 Å². The molecule has 0 radical (unpaired) electrons. The molecule has 1 N–H and O–H groups in total. The van der Waals surface area contributed by atoms with E-state index in [0.717, 1.165) is 0 Å². The molecular formula is C8H3ClINO2. The molecule has 1 amide bonds. The number of carbonyl (C=O) groups excluding carboxylic acids is 2. The fraction of sp³-hybridized carbons (Fsp3) is 0. The second-order valence-electron chi connectivity index (χ2n) is 2.59. The second-order valence-corrected chi connectivity index (χ2v) is 4.19. The molecule has 0 atom stereocenters. The number of Topliss-reactive ketones (excluding diaryl/α,β-unsaturated/α-hetero) is 1. The molecule has 1 aliphatic heterocycles. The first-order chi connectivity index (χ1) is 6.09. The maximum Gasteiger partial charge on any atom is 0.296 e. The maximum absolute atomic E-state index is 11.3. The van der Waals surface area contributed by atoms with E-state index in [9.17, 15) is 9.59 Å². The Kier molecular flexibility index (Phi) is 2.03. The van der Waals surface area contributed by atoms with Gasteiger partial charge in [0.2, 0.25) is 0 Å². The SMILES string of the molecule is O=C1Nc2cc(Cl)cc(I)c2C1=O. The lowest BCUT2D eigenvalue weighted by Crippen LogP contribution is -2.12. The van der Waals surface area contributed by atoms with Crippen LogP contribution in [-0.4, -0.2) is 11.7 Å². The molecule has 2 rings (SSSR count). The number of benzene rings is 1. The molecule has 0 fully saturated rings. The number of hydrogen-bond acceptors (Lipinski definition) is 2. The van der Waals surface area contributed by atoms with Crippen molar-refractivity contribution in [2.24, 2.45) is 0 Å². The fourth-order valence-electron chi connectivity index (χ4n) is 1.20. The van der Waals surface area contributed by atoms with Crippen LogP contribution in [-0.2, 0) is 4.79 Å². The summed E-state index contributed by atoms with van der Waals surface area (Å²) in [5.41, 5.74) is 0.932. The minimum Gasteiger partial charge on any atom is -0.318 e. The predicted octanol–water partition coefficient (Wildman–Crippen LogP) is 2.08. The van der Waals surface area contributed by atoms with E-state index in [1.54, 1.807) is 12.1 Å². The molecule has 1 aromatic carbocycles. The highest BCUT2D eigenvalue weighted by Crippen LogP contribution is 2.30. The number of ketones is 1. The first kappa shape index (κ1) is 8.96. The lowest BCUT2D eigenvalue weighted by atomic mass is 10.1. The molecule has 1 heterocycles. The van der Waals surface area contributed by atoms with Crippen molar-refractivity contribution in [2.45, 2.75) is 0 Å². The van der Waals surface area contributed by atoms with Gasteiger partial charge in [-0.3, -0.25) is 9.59 Å². The molecule has 1 aliphatic rings. The largest absolute Gasteiger partial charge is 0.318 e. The van der Waals surface area contributed by atoms with Gasteiger partial charge in [0.05, 0.1) is 11.3 Å². The van der Waals surface area contributed by atoms with Crippen molar-refractivity contribution < 1.29 is 9.59 Å². The Morgan fingerprint density at radius 3 is 2.69 bits per heavy atom. The molecule has 5 heteroatoms. The molecule has 66 valence electrons. The van der Waals surface area contributed by atoms with E-state index in [0.29, 0.717) is 19.8 Å². The zero-order valence-electron chi connectivity index (χ0n) is 6.23. The molecule has 0 saturated heterocycles. The van der Waals surface area contributed by atoms with Crippen LogP contribution in [0.15, 0.2) is 12.1 Å². The summed E-state index contributed by atoms with van der Waals surface area (Å²) in [5.74, 6) is -1.08. The number of amides is 1. The van der Waals surface area contributed by atoms with Crippen LogP contribution < -0.4 is 5.32 Å². The topological polar surface area (TPSA) is 46.2 Å². The Balaban J connectivity index is 2.71. The van der Waals surface area contributed by atoms with Gasteiger partial charge in [-0.05, 0) is 34.7 Å². The van der Waals surface area contributed by atoms with Gasteiger partial charge in [0.25, 0.3) is 11.7 Å². The summed E-state index contributed by atoms with van der Waals surface area (Å²) in [7, 11) is 0. The fourth-order valence-corrected chi connectivity index (χ4v) is 2.47. The van der Waals surface area contributed by atoms with Crippen LogP contribution in [0.2, 0.25) is 5.02 Å². The van der Waals surface area contributed by atoms with Crippen molar-refractivity contribution in [2.75, 3.05) is 5.32 Å². The van der Waals surface area contributed by atoms with Crippen LogP contribution in [0, 0.1) is 3.57 Å². The van der Waals surface area contributed by atoms with Crippen LogP contribution in [0.1, 0.15) is 10.4 Å². The molecule has 1 aromatic rings. The van der Waals surface area contributed by atoms with Gasteiger partial charge < -0.3 is 5.32 Å². The summed E-state index contributed by atoms with van der Waals surface area (Å²) in [6.07, 6.45) is 0. The first-order valence-electron chi connectivity index (χ1n) is 3.44. The van der Waals surface area contributed by atoms with Gasteiger partial charge in [0.1, 0.15) is 0 Å². The number of nitrogens with one attached hydrogen (secondary N) is 1. The average Bonchev–Trinajstić information content (AvgIpc) is 2.27. The Hall–Kier alpha value is -0.620.